The van der Waals surface area contributed by atoms with Gasteiger partial charge in [-0.1, -0.05) is 42.5 Å². The van der Waals surface area contributed by atoms with Crippen LogP contribution in [0.1, 0.15) is 23.7 Å². The van der Waals surface area contributed by atoms with Crippen molar-refractivity contribution >= 4 is 17.7 Å². The molecule has 0 aliphatic carbocycles. The lowest BCUT2D eigenvalue weighted by atomic mass is 10.0. The van der Waals surface area contributed by atoms with Crippen molar-refractivity contribution in [2.45, 2.75) is 18.9 Å². The fraction of sp³-hybridized carbons (Fsp3) is 0.250. The molecule has 25 heavy (non-hydrogen) atoms. The van der Waals surface area contributed by atoms with E-state index in [4.69, 9.17) is 9.47 Å². The Hall–Kier alpha value is -2.40. The maximum atomic E-state index is 12.3. The zero-order valence-corrected chi connectivity index (χ0v) is 14.8. The molecule has 4 nitrogen and oxygen atoms in total. The van der Waals surface area contributed by atoms with E-state index in [-0.39, 0.29) is 5.76 Å². The van der Waals surface area contributed by atoms with Crippen LogP contribution in [0.5, 0.6) is 5.75 Å². The summed E-state index contributed by atoms with van der Waals surface area (Å²) in [5.41, 5.74) is 2.05. The Labute approximate surface area is 151 Å². The highest BCUT2D eigenvalue weighted by molar-refractivity contribution is 8.04. The number of hydrogen-bond acceptors (Lipinski definition) is 5. The summed E-state index contributed by atoms with van der Waals surface area (Å²) in [4.78, 5) is 12.6. The molecule has 2 aromatic rings. The largest absolute Gasteiger partial charge is 0.511 e. The van der Waals surface area contributed by atoms with E-state index >= 15 is 0 Å². The van der Waals surface area contributed by atoms with Crippen LogP contribution in [0.4, 0.5) is 0 Å². The standard InChI is InChI=1S/C20H20O4S/c1-23-16-9-7-15(8-10-16)18-13-17(21)19(20(22)24-18)25-12-11-14-5-3-2-4-6-14/h2-10,18,21H,11-13H2,1H3. The number of benzene rings is 2. The predicted octanol–water partition coefficient (Wildman–Crippen LogP) is 4.43. The minimum atomic E-state index is -0.461. The topological polar surface area (TPSA) is 55.8 Å². The Morgan fingerprint density at radius 2 is 1.88 bits per heavy atom. The maximum Gasteiger partial charge on any atom is 0.348 e. The van der Waals surface area contributed by atoms with Gasteiger partial charge in [-0.3, -0.25) is 0 Å². The number of methoxy groups -OCH3 is 1. The summed E-state index contributed by atoms with van der Waals surface area (Å²) in [5.74, 6) is 1.10. The Morgan fingerprint density at radius 1 is 1.16 bits per heavy atom. The normalized spacial score (nSPS) is 17.3. The van der Waals surface area contributed by atoms with Gasteiger partial charge in [-0.25, -0.2) is 4.79 Å². The van der Waals surface area contributed by atoms with Crippen molar-refractivity contribution < 1.29 is 19.4 Å². The van der Waals surface area contributed by atoms with Crippen LogP contribution in [0.3, 0.4) is 0 Å². The summed E-state index contributed by atoms with van der Waals surface area (Å²) in [6, 6.07) is 17.4. The summed E-state index contributed by atoms with van der Waals surface area (Å²) >= 11 is 1.35. The number of aliphatic hydroxyl groups is 1. The second-order valence-corrected chi connectivity index (χ2v) is 6.84. The first-order valence-corrected chi connectivity index (χ1v) is 9.09. The van der Waals surface area contributed by atoms with Crippen LogP contribution in [-0.2, 0) is 16.0 Å². The van der Waals surface area contributed by atoms with E-state index in [1.165, 1.54) is 17.3 Å². The van der Waals surface area contributed by atoms with Crippen molar-refractivity contribution in [2.75, 3.05) is 12.9 Å². The smallest absolute Gasteiger partial charge is 0.348 e. The molecule has 0 spiro atoms. The molecule has 0 aromatic heterocycles. The number of esters is 1. The van der Waals surface area contributed by atoms with Gasteiger partial charge >= 0.3 is 5.97 Å². The third-order valence-electron chi connectivity index (χ3n) is 4.04. The van der Waals surface area contributed by atoms with E-state index in [9.17, 15) is 9.90 Å². The number of rotatable bonds is 6. The zero-order valence-electron chi connectivity index (χ0n) is 14.0. The summed E-state index contributed by atoms with van der Waals surface area (Å²) in [6.45, 7) is 0. The van der Waals surface area contributed by atoms with Crippen molar-refractivity contribution in [2.24, 2.45) is 0 Å². The minimum absolute atomic E-state index is 0.107. The third-order valence-corrected chi connectivity index (χ3v) is 5.14. The van der Waals surface area contributed by atoms with Gasteiger partial charge in [0.25, 0.3) is 0 Å². The number of thioether (sulfide) groups is 1. The molecule has 0 fully saturated rings. The number of ether oxygens (including phenoxy) is 2. The first-order chi connectivity index (χ1) is 12.2. The molecule has 0 bridgehead atoms. The highest BCUT2D eigenvalue weighted by atomic mass is 32.2. The minimum Gasteiger partial charge on any atom is -0.511 e. The van der Waals surface area contributed by atoms with Gasteiger partial charge in [-0.2, -0.15) is 0 Å². The van der Waals surface area contributed by atoms with E-state index < -0.39 is 12.1 Å². The van der Waals surface area contributed by atoms with Crippen LogP contribution in [-0.4, -0.2) is 23.9 Å². The van der Waals surface area contributed by atoms with Crippen LogP contribution in [0.25, 0.3) is 0 Å². The summed E-state index contributed by atoms with van der Waals surface area (Å²) in [5, 5.41) is 10.3. The van der Waals surface area contributed by atoms with Gasteiger partial charge in [0, 0.05) is 12.2 Å². The molecular weight excluding hydrogens is 336 g/mol. The lowest BCUT2D eigenvalue weighted by molar-refractivity contribution is -0.146. The maximum absolute atomic E-state index is 12.3. The van der Waals surface area contributed by atoms with Gasteiger partial charge in [-0.05, 0) is 29.7 Å². The van der Waals surface area contributed by atoms with E-state index in [0.717, 1.165) is 17.7 Å². The van der Waals surface area contributed by atoms with Crippen LogP contribution in [0.15, 0.2) is 65.3 Å². The Bertz CT molecular complexity index is 753. The van der Waals surface area contributed by atoms with E-state index in [2.05, 4.69) is 0 Å². The fourth-order valence-corrected chi connectivity index (χ4v) is 3.63. The molecule has 0 radical (unpaired) electrons. The average Bonchev–Trinajstić information content (AvgIpc) is 2.65. The van der Waals surface area contributed by atoms with Crippen LogP contribution in [0.2, 0.25) is 0 Å². The van der Waals surface area contributed by atoms with E-state index in [1.54, 1.807) is 7.11 Å². The van der Waals surface area contributed by atoms with Crippen LogP contribution >= 0.6 is 11.8 Å². The summed E-state index contributed by atoms with van der Waals surface area (Å²) in [7, 11) is 1.60. The molecule has 1 N–H and O–H groups in total. The van der Waals surface area contributed by atoms with Gasteiger partial charge in [-0.15, -0.1) is 11.8 Å². The monoisotopic (exact) mass is 356 g/mol. The lowest BCUT2D eigenvalue weighted by Gasteiger charge is -2.24. The first-order valence-electron chi connectivity index (χ1n) is 8.11. The summed E-state index contributed by atoms with van der Waals surface area (Å²) in [6.07, 6.45) is 0.667. The van der Waals surface area contributed by atoms with Crippen LogP contribution < -0.4 is 4.74 Å². The quantitative estimate of drug-likeness (QED) is 0.776. The lowest BCUT2D eigenvalue weighted by Crippen LogP contribution is -2.20. The Balaban J connectivity index is 1.62. The Kier molecular flexibility index (Phi) is 5.66. The van der Waals surface area contributed by atoms with Crippen molar-refractivity contribution in [3.8, 4) is 5.75 Å². The molecule has 0 saturated heterocycles. The number of carbonyl (C=O) groups is 1. The second kappa shape index (κ2) is 8.12. The van der Waals surface area contributed by atoms with Crippen molar-refractivity contribution in [1.82, 2.24) is 0 Å². The fourth-order valence-electron chi connectivity index (χ4n) is 2.67. The molecule has 5 heteroatoms. The van der Waals surface area contributed by atoms with Crippen molar-refractivity contribution in [3.05, 3.63) is 76.4 Å². The molecular formula is C20H20O4S. The molecule has 130 valence electrons. The predicted molar refractivity (Wildman–Crippen MR) is 98.7 cm³/mol. The number of cyclic esters (lactones) is 1. The SMILES string of the molecule is COc1ccc(C2CC(O)=C(SCCc3ccccc3)C(=O)O2)cc1. The van der Waals surface area contributed by atoms with Crippen LogP contribution in [0, 0.1) is 0 Å². The number of hydrogen-bond donors (Lipinski definition) is 1. The van der Waals surface area contributed by atoms with Crippen molar-refractivity contribution in [1.29, 1.82) is 0 Å². The zero-order chi connectivity index (χ0) is 17.6. The van der Waals surface area contributed by atoms with E-state index in [1.807, 2.05) is 54.6 Å². The van der Waals surface area contributed by atoms with Gasteiger partial charge in [0.15, 0.2) is 0 Å². The number of aliphatic hydroxyl groups excluding tert-OH is 1. The molecule has 2 aromatic carbocycles. The Morgan fingerprint density at radius 3 is 2.52 bits per heavy atom. The molecule has 1 aliphatic heterocycles. The molecule has 3 rings (SSSR count). The van der Waals surface area contributed by atoms with E-state index in [0.29, 0.717) is 17.1 Å². The van der Waals surface area contributed by atoms with Gasteiger partial charge < -0.3 is 14.6 Å². The molecule has 1 heterocycles. The molecule has 0 saturated carbocycles. The summed E-state index contributed by atoms with van der Waals surface area (Å²) < 4.78 is 10.6. The van der Waals surface area contributed by atoms with Gasteiger partial charge in [0.05, 0.1) is 7.11 Å². The average molecular weight is 356 g/mol. The second-order valence-electron chi connectivity index (χ2n) is 5.73. The highest BCUT2D eigenvalue weighted by Gasteiger charge is 2.30. The third kappa shape index (κ3) is 4.37. The number of carbonyl (C=O) groups excluding carboxylic acids is 1. The molecule has 1 aliphatic rings. The van der Waals surface area contributed by atoms with Gasteiger partial charge in [0.2, 0.25) is 0 Å². The number of aryl methyl sites for hydroxylation is 1. The van der Waals surface area contributed by atoms with Crippen molar-refractivity contribution in [3.63, 3.8) is 0 Å². The highest BCUT2D eigenvalue weighted by Crippen LogP contribution is 2.36. The first kappa shape index (κ1) is 17.4. The van der Waals surface area contributed by atoms with Gasteiger partial charge in [0.1, 0.15) is 22.5 Å². The molecule has 1 atom stereocenters. The molecule has 1 unspecified atom stereocenters. The molecule has 0 amide bonds.